The van der Waals surface area contributed by atoms with Crippen LogP contribution in [0.4, 0.5) is 0 Å². The van der Waals surface area contributed by atoms with Crippen LogP contribution in [0.2, 0.25) is 19.9 Å². The topological polar surface area (TPSA) is 52.6 Å². The molecule has 0 aliphatic carbocycles. The molecular formula is C14H14Cl2O4S2Sn. The van der Waals surface area contributed by atoms with E-state index in [2.05, 4.69) is 0 Å². The second-order valence-corrected chi connectivity index (χ2v) is 18.9. The van der Waals surface area contributed by atoms with Crippen LogP contribution in [0.25, 0.3) is 0 Å². The normalized spacial score (nSPS) is 14.4. The van der Waals surface area contributed by atoms with Crippen LogP contribution in [0, 0.1) is 0 Å². The third-order valence-corrected chi connectivity index (χ3v) is 15.0. The van der Waals surface area contributed by atoms with Crippen molar-refractivity contribution < 1.29 is 13.5 Å². The first kappa shape index (κ1) is 19.4. The molecule has 0 fully saturated rings. The van der Waals surface area contributed by atoms with Crippen LogP contribution < -0.4 is 0 Å². The van der Waals surface area contributed by atoms with Gasteiger partial charge in [-0.1, -0.05) is 0 Å². The van der Waals surface area contributed by atoms with Gasteiger partial charge in [-0.25, -0.2) is 0 Å². The van der Waals surface area contributed by atoms with Gasteiger partial charge >= 0.3 is 156 Å². The maximum atomic E-state index is 12.2. The van der Waals surface area contributed by atoms with Gasteiger partial charge in [-0.3, -0.25) is 0 Å². The molecule has 0 amide bonds. The SMILES string of the molecule is [CH3][Sn]([CH3])([O][S@@](=O)c1ccc(Cl)cc1)[O][S@@](=O)c1ccc(Cl)cc1. The molecule has 2 aromatic rings. The van der Waals surface area contributed by atoms with E-state index in [1.807, 2.05) is 0 Å². The molecule has 0 aromatic heterocycles. The van der Waals surface area contributed by atoms with E-state index < -0.39 is 41.4 Å². The van der Waals surface area contributed by atoms with Crippen LogP contribution in [0.1, 0.15) is 0 Å². The van der Waals surface area contributed by atoms with Gasteiger partial charge in [0.2, 0.25) is 0 Å². The van der Waals surface area contributed by atoms with Crippen molar-refractivity contribution >= 4 is 64.6 Å². The summed E-state index contributed by atoms with van der Waals surface area (Å²) in [6.07, 6.45) is 0. The minimum absolute atomic E-state index is 0.486. The quantitative estimate of drug-likeness (QED) is 0.550. The fraction of sp³-hybridized carbons (Fsp3) is 0.143. The minimum atomic E-state index is -3.69. The molecule has 23 heavy (non-hydrogen) atoms. The molecule has 0 saturated carbocycles. The Morgan fingerprint density at radius 2 is 1.04 bits per heavy atom. The van der Waals surface area contributed by atoms with Crippen molar-refractivity contribution in [3.63, 3.8) is 0 Å². The second-order valence-electron chi connectivity index (χ2n) is 4.94. The number of benzene rings is 2. The third-order valence-electron chi connectivity index (χ3n) is 2.56. The van der Waals surface area contributed by atoms with Gasteiger partial charge < -0.3 is 0 Å². The average Bonchev–Trinajstić information content (AvgIpc) is 2.47. The summed E-state index contributed by atoms with van der Waals surface area (Å²) < 4.78 is 35.6. The van der Waals surface area contributed by atoms with Crippen molar-refractivity contribution in [2.24, 2.45) is 0 Å². The zero-order valence-corrected chi connectivity index (χ0v) is 18.3. The van der Waals surface area contributed by atoms with E-state index in [4.69, 9.17) is 28.2 Å². The van der Waals surface area contributed by atoms with Crippen LogP contribution in [-0.4, -0.2) is 27.6 Å². The van der Waals surface area contributed by atoms with Gasteiger partial charge in [0.05, 0.1) is 0 Å². The van der Waals surface area contributed by atoms with Crippen molar-refractivity contribution in [3.8, 4) is 0 Å². The molecular weight excluding hydrogens is 486 g/mol. The first-order valence-corrected chi connectivity index (χ1v) is 17.4. The summed E-state index contributed by atoms with van der Waals surface area (Å²) in [7, 11) is 0. The first-order valence-electron chi connectivity index (χ1n) is 6.50. The van der Waals surface area contributed by atoms with Gasteiger partial charge in [-0.05, 0) is 0 Å². The van der Waals surface area contributed by atoms with Crippen LogP contribution >= 0.6 is 23.2 Å². The molecule has 0 bridgehead atoms. The van der Waals surface area contributed by atoms with Gasteiger partial charge in [0.1, 0.15) is 0 Å². The van der Waals surface area contributed by atoms with Crippen molar-refractivity contribution in [1.29, 1.82) is 0 Å². The standard InChI is InChI=1S/2C6H5ClO2S.2CH3.Sn/c2*7-5-1-3-6(4-2-5)10(8)9;;;/h2*1-4H,(H,8,9);2*1H3;/q;;;;+2/p-2. The Hall–Kier alpha value is 0.0387. The Morgan fingerprint density at radius 1 is 0.739 bits per heavy atom. The van der Waals surface area contributed by atoms with E-state index in [1.165, 1.54) is 0 Å². The van der Waals surface area contributed by atoms with E-state index in [0.29, 0.717) is 19.8 Å². The number of rotatable bonds is 6. The molecule has 0 saturated heterocycles. The molecule has 9 heteroatoms. The van der Waals surface area contributed by atoms with E-state index in [1.54, 1.807) is 58.4 Å². The predicted octanol–water partition coefficient (Wildman–Crippen LogP) is 4.47. The van der Waals surface area contributed by atoms with E-state index >= 15 is 0 Å². The Labute approximate surface area is 155 Å². The van der Waals surface area contributed by atoms with Gasteiger partial charge in [0, 0.05) is 0 Å². The van der Waals surface area contributed by atoms with Crippen molar-refractivity contribution in [2.45, 2.75) is 19.7 Å². The Morgan fingerprint density at radius 3 is 1.35 bits per heavy atom. The van der Waals surface area contributed by atoms with E-state index in [0.717, 1.165) is 0 Å². The van der Waals surface area contributed by atoms with Gasteiger partial charge in [-0.15, -0.1) is 0 Å². The summed E-state index contributed by atoms with van der Waals surface area (Å²) in [4.78, 5) is 4.47. The fourth-order valence-electron chi connectivity index (χ4n) is 1.57. The molecule has 0 aliphatic heterocycles. The summed E-state index contributed by atoms with van der Waals surface area (Å²) in [6.45, 7) is 0. The van der Waals surface area contributed by atoms with Crippen LogP contribution in [0.5, 0.6) is 0 Å². The fourth-order valence-corrected chi connectivity index (χ4v) is 12.2. The Kier molecular flexibility index (Phi) is 7.09. The average molecular weight is 500 g/mol. The Balaban J connectivity index is 2.03. The maximum absolute atomic E-state index is 12.2. The summed E-state index contributed by atoms with van der Waals surface area (Å²) >= 11 is 4.54. The number of hydrogen-bond donors (Lipinski definition) is 0. The molecule has 0 aliphatic rings. The molecule has 0 N–H and O–H groups in total. The van der Waals surface area contributed by atoms with Crippen molar-refractivity contribution in [1.82, 2.24) is 0 Å². The molecule has 0 spiro atoms. The molecule has 124 valence electrons. The van der Waals surface area contributed by atoms with Crippen LogP contribution in [0.15, 0.2) is 58.3 Å². The molecule has 2 rings (SSSR count). The second kappa shape index (κ2) is 8.42. The van der Waals surface area contributed by atoms with Gasteiger partial charge in [-0.2, -0.15) is 0 Å². The summed E-state index contributed by atoms with van der Waals surface area (Å²) in [5.74, 6) is 0. The number of hydrogen-bond acceptors (Lipinski definition) is 4. The molecule has 0 unspecified atom stereocenters. The first-order chi connectivity index (χ1) is 10.8. The molecule has 2 aromatic carbocycles. The van der Waals surface area contributed by atoms with Gasteiger partial charge in [0.25, 0.3) is 0 Å². The number of halogens is 2. The zero-order valence-electron chi connectivity index (χ0n) is 12.3. The monoisotopic (exact) mass is 500 g/mol. The van der Waals surface area contributed by atoms with Crippen molar-refractivity contribution in [2.75, 3.05) is 0 Å². The molecule has 0 radical (unpaired) electrons. The van der Waals surface area contributed by atoms with Crippen molar-refractivity contribution in [3.05, 3.63) is 58.6 Å². The predicted molar refractivity (Wildman–Crippen MR) is 95.4 cm³/mol. The van der Waals surface area contributed by atoms with E-state index in [-0.39, 0.29) is 0 Å². The molecule has 0 heterocycles. The third kappa shape index (κ3) is 6.12. The van der Waals surface area contributed by atoms with E-state index in [9.17, 15) is 8.42 Å². The summed E-state index contributed by atoms with van der Waals surface area (Å²) in [5, 5.41) is 1.10. The van der Waals surface area contributed by atoms with Crippen LogP contribution in [0.3, 0.4) is 0 Å². The summed E-state index contributed by atoms with van der Waals surface area (Å²) in [6, 6.07) is 13.0. The molecule has 2 atom stereocenters. The zero-order chi connectivity index (χ0) is 17.0. The van der Waals surface area contributed by atoms with Gasteiger partial charge in [0.15, 0.2) is 0 Å². The Bertz CT molecular complexity index is 659. The summed E-state index contributed by atoms with van der Waals surface area (Å²) in [5.41, 5.74) is 0. The molecule has 4 nitrogen and oxygen atoms in total. The van der Waals surface area contributed by atoms with Crippen LogP contribution in [-0.2, 0) is 27.2 Å².